The maximum atomic E-state index is 13.9. The third-order valence-electron chi connectivity index (χ3n) is 8.04. The van der Waals surface area contributed by atoms with E-state index in [1.165, 1.54) is 4.90 Å². The van der Waals surface area contributed by atoms with Gasteiger partial charge in [0.1, 0.15) is 23.2 Å². The van der Waals surface area contributed by atoms with E-state index in [9.17, 15) is 23.1 Å². The van der Waals surface area contributed by atoms with Gasteiger partial charge in [0.2, 0.25) is 5.82 Å². The molecule has 0 unspecified atom stereocenters. The molecular weight excluding hydrogens is 555 g/mol. The van der Waals surface area contributed by atoms with Gasteiger partial charge in [0.05, 0.1) is 24.2 Å². The Morgan fingerprint density at radius 2 is 1.88 bits per heavy atom. The number of alkyl halides is 3. The van der Waals surface area contributed by atoms with Gasteiger partial charge in [-0.05, 0) is 30.7 Å². The highest BCUT2D eigenvalue weighted by Crippen LogP contribution is 2.40. The van der Waals surface area contributed by atoms with Crippen LogP contribution in [0.4, 0.5) is 19.0 Å². The van der Waals surface area contributed by atoms with E-state index in [4.69, 9.17) is 18.9 Å². The number of para-hydroxylation sites is 3. The number of halogens is 3. The molecule has 13 heteroatoms. The zero-order valence-electron chi connectivity index (χ0n) is 22.4. The Labute approximate surface area is 236 Å². The standard InChI is InChI=1S/C29H26F3N5O5/c1-15-14-40-11-10-19(15)37-20-8-4-3-7-18(20)33-28(37)41-16-12-21(26(38)39)36(13-16)25-24-23(34-27(35-25)29(30,31)32)17-6-2-5-9-22(17)42-24/h2-9,15-16,19,21H,10-14H2,1H3,(H,38,39)/t15-,16-,19-,21-/m0/s1. The van der Waals surface area contributed by atoms with Crippen LogP contribution < -0.4 is 9.64 Å². The van der Waals surface area contributed by atoms with E-state index in [1.807, 2.05) is 28.8 Å². The number of aromatic nitrogens is 4. The molecule has 2 aliphatic heterocycles. The SMILES string of the molecule is C[C@H]1COCC[C@@H]1n1c(O[C@H]2C[C@@H](C(=O)O)N(c3nc(C(F)(F)F)nc4c3oc3ccccc34)C2)nc2ccccc21. The Morgan fingerprint density at radius 3 is 2.67 bits per heavy atom. The third kappa shape index (κ3) is 4.39. The van der Waals surface area contributed by atoms with Crippen LogP contribution in [0, 0.1) is 5.92 Å². The molecule has 1 N–H and O–H groups in total. The molecule has 0 bridgehead atoms. The molecule has 5 aromatic rings. The molecule has 2 aliphatic rings. The Morgan fingerprint density at radius 1 is 1.10 bits per heavy atom. The fourth-order valence-electron chi connectivity index (χ4n) is 6.08. The molecule has 0 saturated carbocycles. The summed E-state index contributed by atoms with van der Waals surface area (Å²) in [6.07, 6.45) is -4.83. The van der Waals surface area contributed by atoms with Gasteiger partial charge in [-0.2, -0.15) is 18.2 Å². The number of imidazole rings is 1. The van der Waals surface area contributed by atoms with Gasteiger partial charge in [0.15, 0.2) is 11.4 Å². The van der Waals surface area contributed by atoms with Crippen LogP contribution in [0.1, 0.15) is 31.6 Å². The summed E-state index contributed by atoms with van der Waals surface area (Å²) in [5.41, 5.74) is 1.88. The number of rotatable bonds is 5. The maximum absolute atomic E-state index is 13.9. The molecule has 3 aromatic heterocycles. The molecule has 5 heterocycles. The molecule has 0 radical (unpaired) electrons. The quantitative estimate of drug-likeness (QED) is 0.289. The summed E-state index contributed by atoms with van der Waals surface area (Å²) in [7, 11) is 0. The second kappa shape index (κ2) is 9.86. The van der Waals surface area contributed by atoms with Crippen molar-refractivity contribution in [2.24, 2.45) is 5.92 Å². The number of fused-ring (bicyclic) bond motifs is 4. The van der Waals surface area contributed by atoms with Crippen LogP contribution in [0.5, 0.6) is 6.01 Å². The molecule has 10 nitrogen and oxygen atoms in total. The van der Waals surface area contributed by atoms with Crippen molar-refractivity contribution in [1.82, 2.24) is 19.5 Å². The van der Waals surface area contributed by atoms with Crippen LogP contribution in [0.25, 0.3) is 33.1 Å². The lowest BCUT2D eigenvalue weighted by Crippen LogP contribution is -2.37. The number of ether oxygens (including phenoxy) is 2. The van der Waals surface area contributed by atoms with Gasteiger partial charge in [0.25, 0.3) is 6.01 Å². The predicted octanol–water partition coefficient (Wildman–Crippen LogP) is 5.45. The molecule has 7 rings (SSSR count). The normalized spacial score (nSPS) is 23.3. The maximum Gasteiger partial charge on any atom is 0.451 e. The van der Waals surface area contributed by atoms with E-state index in [2.05, 4.69) is 16.9 Å². The Hall–Kier alpha value is -4.39. The highest BCUT2D eigenvalue weighted by atomic mass is 19.4. The summed E-state index contributed by atoms with van der Waals surface area (Å²) < 4.78 is 61.8. The molecule has 4 atom stereocenters. The number of carboxylic acid groups (broad SMARTS) is 1. The zero-order valence-corrected chi connectivity index (χ0v) is 22.4. The van der Waals surface area contributed by atoms with Gasteiger partial charge >= 0.3 is 12.1 Å². The second-order valence-electron chi connectivity index (χ2n) is 10.8. The zero-order chi connectivity index (χ0) is 29.2. The third-order valence-corrected chi connectivity index (χ3v) is 8.04. The highest BCUT2D eigenvalue weighted by Gasteiger charge is 2.44. The van der Waals surface area contributed by atoms with Crippen LogP contribution in [0.3, 0.4) is 0 Å². The van der Waals surface area contributed by atoms with Gasteiger partial charge in [0, 0.05) is 30.4 Å². The molecule has 2 aromatic carbocycles. The topological polar surface area (TPSA) is 116 Å². The molecular formula is C29H26F3N5O5. The van der Waals surface area contributed by atoms with Crippen LogP contribution in [-0.2, 0) is 15.7 Å². The number of benzene rings is 2. The van der Waals surface area contributed by atoms with Crippen LogP contribution in [-0.4, -0.2) is 62.5 Å². The van der Waals surface area contributed by atoms with Crippen molar-refractivity contribution in [3.05, 3.63) is 54.4 Å². The van der Waals surface area contributed by atoms with Crippen molar-refractivity contribution in [3.63, 3.8) is 0 Å². The average Bonchev–Trinajstić information content (AvgIpc) is 3.66. The Bertz CT molecular complexity index is 1820. The Kier molecular flexibility index (Phi) is 6.22. The summed E-state index contributed by atoms with van der Waals surface area (Å²) in [5, 5.41) is 10.5. The first-order valence-electron chi connectivity index (χ1n) is 13.7. The van der Waals surface area contributed by atoms with Crippen LogP contribution in [0.15, 0.2) is 52.9 Å². The lowest BCUT2D eigenvalue weighted by molar-refractivity contribution is -0.144. The number of aliphatic carboxylic acids is 1. The number of hydrogen-bond donors (Lipinski definition) is 1. The first-order chi connectivity index (χ1) is 20.2. The Balaban J connectivity index is 1.30. The van der Waals surface area contributed by atoms with Crippen molar-refractivity contribution >= 4 is 44.9 Å². The number of furan rings is 1. The van der Waals surface area contributed by atoms with Crippen LogP contribution >= 0.6 is 0 Å². The van der Waals surface area contributed by atoms with Crippen molar-refractivity contribution < 1.29 is 37.0 Å². The van der Waals surface area contributed by atoms with E-state index >= 15 is 0 Å². The van der Waals surface area contributed by atoms with Crippen LogP contribution in [0.2, 0.25) is 0 Å². The van der Waals surface area contributed by atoms with Gasteiger partial charge in [-0.15, -0.1) is 0 Å². The van der Waals surface area contributed by atoms with Gasteiger partial charge < -0.3 is 23.9 Å². The lowest BCUT2D eigenvalue weighted by atomic mass is 9.97. The average molecular weight is 582 g/mol. The molecule has 0 aliphatic carbocycles. The van der Waals surface area contributed by atoms with Crippen molar-refractivity contribution in [3.8, 4) is 6.01 Å². The first-order valence-corrected chi connectivity index (χ1v) is 13.7. The number of carbonyl (C=O) groups is 1. The first kappa shape index (κ1) is 26.5. The van der Waals surface area contributed by atoms with E-state index in [0.29, 0.717) is 30.2 Å². The van der Waals surface area contributed by atoms with E-state index < -0.39 is 30.1 Å². The second-order valence-corrected chi connectivity index (χ2v) is 10.8. The van der Waals surface area contributed by atoms with Gasteiger partial charge in [-0.3, -0.25) is 4.57 Å². The molecule has 0 amide bonds. The summed E-state index contributed by atoms with van der Waals surface area (Å²) in [5.74, 6) is -2.66. The minimum absolute atomic E-state index is 0.00501. The lowest BCUT2D eigenvalue weighted by Gasteiger charge is -2.31. The molecule has 2 saturated heterocycles. The molecule has 2 fully saturated rings. The van der Waals surface area contributed by atoms with E-state index in [-0.39, 0.29) is 41.8 Å². The minimum Gasteiger partial charge on any atom is -0.480 e. The number of nitrogens with zero attached hydrogens (tertiary/aromatic N) is 5. The smallest absolute Gasteiger partial charge is 0.451 e. The van der Waals surface area contributed by atoms with Crippen molar-refractivity contribution in [2.45, 2.75) is 44.1 Å². The number of hydrogen-bond acceptors (Lipinski definition) is 8. The predicted molar refractivity (Wildman–Crippen MR) is 145 cm³/mol. The van der Waals surface area contributed by atoms with Crippen molar-refractivity contribution in [1.29, 1.82) is 0 Å². The minimum atomic E-state index is -4.86. The molecule has 0 spiro atoms. The monoisotopic (exact) mass is 581 g/mol. The summed E-state index contributed by atoms with van der Waals surface area (Å²) in [4.78, 5) is 26.0. The molecule has 218 valence electrons. The van der Waals surface area contributed by atoms with E-state index in [0.717, 1.165) is 17.5 Å². The number of carboxylic acids is 1. The highest BCUT2D eigenvalue weighted by molar-refractivity contribution is 6.06. The summed E-state index contributed by atoms with van der Waals surface area (Å²) in [6.45, 7) is 3.20. The van der Waals surface area contributed by atoms with Gasteiger partial charge in [-0.25, -0.2) is 14.8 Å². The van der Waals surface area contributed by atoms with Gasteiger partial charge in [-0.1, -0.05) is 31.2 Å². The number of anilines is 1. The summed E-state index contributed by atoms with van der Waals surface area (Å²) >= 11 is 0. The largest absolute Gasteiger partial charge is 0.480 e. The fraction of sp³-hybridized carbons (Fsp3) is 0.379. The van der Waals surface area contributed by atoms with Crippen molar-refractivity contribution in [2.75, 3.05) is 24.7 Å². The van der Waals surface area contributed by atoms with E-state index in [1.54, 1.807) is 24.3 Å². The summed E-state index contributed by atoms with van der Waals surface area (Å²) in [6, 6.07) is 13.3. The fourth-order valence-corrected chi connectivity index (χ4v) is 6.08. The molecule has 42 heavy (non-hydrogen) atoms.